The van der Waals surface area contributed by atoms with Gasteiger partial charge in [-0.2, -0.15) is 0 Å². The Labute approximate surface area is 242 Å². The number of primary amides is 1. The molecule has 1 atom stereocenters. The van der Waals surface area contributed by atoms with Gasteiger partial charge in [0.2, 0.25) is 11.8 Å². The fourth-order valence-electron chi connectivity index (χ4n) is 4.75. The van der Waals surface area contributed by atoms with Gasteiger partial charge in [-0.25, -0.2) is 17.6 Å². The lowest BCUT2D eigenvalue weighted by molar-refractivity contribution is 0.0952. The van der Waals surface area contributed by atoms with Gasteiger partial charge in [-0.1, -0.05) is 19.9 Å². The number of hydrogen-bond acceptors (Lipinski definition) is 7. The monoisotopic (exact) mass is 601 g/mol. The van der Waals surface area contributed by atoms with Crippen LogP contribution in [0.4, 0.5) is 17.6 Å². The van der Waals surface area contributed by atoms with E-state index in [-0.39, 0.29) is 64.3 Å². The third-order valence-corrected chi connectivity index (χ3v) is 7.95. The molecule has 3 aromatic heterocycles. The molecule has 1 aromatic carbocycles. The molecule has 5 rings (SSSR count). The van der Waals surface area contributed by atoms with E-state index in [4.69, 9.17) is 10.2 Å². The summed E-state index contributed by atoms with van der Waals surface area (Å²) in [4.78, 5) is 31.3. The Morgan fingerprint density at radius 2 is 1.86 bits per heavy atom. The smallest absolute Gasteiger partial charge is 0.261 e. The van der Waals surface area contributed by atoms with E-state index in [9.17, 15) is 27.2 Å². The Morgan fingerprint density at radius 1 is 1.12 bits per heavy atom. The Morgan fingerprint density at radius 3 is 2.45 bits per heavy atom. The zero-order valence-electron chi connectivity index (χ0n) is 22.9. The second kappa shape index (κ2) is 11.3. The summed E-state index contributed by atoms with van der Waals surface area (Å²) in [5.41, 5.74) is 7.45. The molecule has 0 aliphatic heterocycles. The third kappa shape index (κ3) is 6.06. The van der Waals surface area contributed by atoms with Crippen LogP contribution < -0.4 is 11.1 Å². The van der Waals surface area contributed by atoms with Crippen LogP contribution in [0.2, 0.25) is 0 Å². The number of nitrogens with one attached hydrogen (secondary N) is 1. The van der Waals surface area contributed by atoms with E-state index in [1.807, 2.05) is 13.8 Å². The molecule has 8 nitrogen and oxygen atoms in total. The summed E-state index contributed by atoms with van der Waals surface area (Å²) in [6.07, 6.45) is -0.0338. The maximum Gasteiger partial charge on any atom is 0.261 e. The predicted octanol–water partition coefficient (Wildman–Crippen LogP) is 5.87. The summed E-state index contributed by atoms with van der Waals surface area (Å²) >= 11 is 1.03. The Kier molecular flexibility index (Phi) is 7.88. The zero-order chi connectivity index (χ0) is 30.3. The second-order valence-corrected chi connectivity index (χ2v) is 11.8. The lowest BCUT2D eigenvalue weighted by Gasteiger charge is -2.19. The van der Waals surface area contributed by atoms with Gasteiger partial charge in [0.05, 0.1) is 27.4 Å². The Bertz CT molecular complexity index is 1680. The van der Waals surface area contributed by atoms with Gasteiger partial charge in [0.25, 0.3) is 17.7 Å². The van der Waals surface area contributed by atoms with Crippen LogP contribution in [-0.4, -0.2) is 32.9 Å². The highest BCUT2D eigenvalue weighted by molar-refractivity contribution is 7.17. The van der Waals surface area contributed by atoms with Crippen molar-refractivity contribution in [3.8, 4) is 21.9 Å². The van der Waals surface area contributed by atoms with Gasteiger partial charge in [-0.15, -0.1) is 21.5 Å². The summed E-state index contributed by atoms with van der Waals surface area (Å²) in [7, 11) is 0. The van der Waals surface area contributed by atoms with Crippen molar-refractivity contribution in [2.75, 3.05) is 0 Å². The van der Waals surface area contributed by atoms with Crippen molar-refractivity contribution in [1.29, 1.82) is 0 Å². The van der Waals surface area contributed by atoms with Crippen LogP contribution in [0.1, 0.15) is 63.1 Å². The van der Waals surface area contributed by atoms with Gasteiger partial charge in [0, 0.05) is 36.2 Å². The first-order valence-corrected chi connectivity index (χ1v) is 14.0. The molecular formula is C29H27F4N5O3S. The number of aromatic nitrogens is 3. The molecule has 4 aromatic rings. The number of nitrogens with two attached hydrogens (primary N) is 1. The van der Waals surface area contributed by atoms with Gasteiger partial charge < -0.3 is 15.5 Å². The van der Waals surface area contributed by atoms with Crippen LogP contribution in [-0.2, 0) is 19.4 Å². The van der Waals surface area contributed by atoms with E-state index < -0.39 is 35.3 Å². The largest absolute Gasteiger partial charge is 0.421 e. The lowest BCUT2D eigenvalue weighted by atomic mass is 9.91. The summed E-state index contributed by atoms with van der Waals surface area (Å²) in [5, 5.41) is 10.7. The van der Waals surface area contributed by atoms with Crippen LogP contribution in [0.5, 0.6) is 0 Å². The molecule has 220 valence electrons. The van der Waals surface area contributed by atoms with Crippen LogP contribution in [0.15, 0.2) is 34.7 Å². The fourth-order valence-corrected chi connectivity index (χ4v) is 5.73. The van der Waals surface area contributed by atoms with E-state index >= 15 is 0 Å². The number of carbonyl (C=O) groups excluding carboxylic acids is 2. The van der Waals surface area contributed by atoms with Crippen molar-refractivity contribution in [1.82, 2.24) is 20.5 Å². The second-order valence-electron chi connectivity index (χ2n) is 10.7. The minimum absolute atomic E-state index is 0.00898. The molecule has 0 radical (unpaired) electrons. The number of pyridine rings is 1. The van der Waals surface area contributed by atoms with Crippen molar-refractivity contribution in [3.05, 3.63) is 75.2 Å². The number of thiophene rings is 1. The van der Waals surface area contributed by atoms with Crippen molar-refractivity contribution >= 4 is 23.2 Å². The van der Waals surface area contributed by atoms with Gasteiger partial charge in [-0.05, 0) is 48.6 Å². The summed E-state index contributed by atoms with van der Waals surface area (Å²) < 4.78 is 60.7. The Hall–Kier alpha value is -4.13. The van der Waals surface area contributed by atoms with Crippen LogP contribution in [0, 0.1) is 30.4 Å². The minimum Gasteiger partial charge on any atom is -0.421 e. The number of nitrogens with zero attached hydrogens (tertiary/aromatic N) is 3. The SMILES string of the molecule is Cc1nnc(-c2c(C[C@@H]3CC3(F)F)nc(CC(C)C)c(C(N)=O)c2-c2ccc(C(=O)NCc3ccc(F)c(F)c3)s2)o1. The van der Waals surface area contributed by atoms with Crippen LogP contribution in [0.25, 0.3) is 21.9 Å². The number of hydrogen-bond donors (Lipinski definition) is 2. The molecule has 1 aliphatic rings. The molecule has 3 N–H and O–H groups in total. The summed E-state index contributed by atoms with van der Waals surface area (Å²) in [5.74, 6) is -6.82. The highest BCUT2D eigenvalue weighted by atomic mass is 32.1. The molecule has 1 aliphatic carbocycles. The molecular weight excluding hydrogens is 574 g/mol. The predicted molar refractivity (Wildman–Crippen MR) is 147 cm³/mol. The highest BCUT2D eigenvalue weighted by Crippen LogP contribution is 2.52. The normalized spacial score (nSPS) is 15.7. The van der Waals surface area contributed by atoms with Gasteiger partial charge in [0.15, 0.2) is 11.6 Å². The van der Waals surface area contributed by atoms with Crippen molar-refractivity contribution < 1.29 is 31.6 Å². The fraction of sp³-hybridized carbons (Fsp3) is 0.345. The molecule has 0 unspecified atom stereocenters. The first-order valence-electron chi connectivity index (χ1n) is 13.2. The van der Waals surface area contributed by atoms with E-state index in [0.717, 1.165) is 23.5 Å². The summed E-state index contributed by atoms with van der Waals surface area (Å²) in [6.45, 7) is 5.37. The quantitative estimate of drug-likeness (QED) is 0.219. The first kappa shape index (κ1) is 29.4. The van der Waals surface area contributed by atoms with E-state index in [2.05, 4.69) is 20.5 Å². The minimum atomic E-state index is -2.83. The first-order chi connectivity index (χ1) is 19.8. The number of rotatable bonds is 10. The third-order valence-electron chi connectivity index (χ3n) is 6.84. The molecule has 42 heavy (non-hydrogen) atoms. The average Bonchev–Trinajstić information content (AvgIpc) is 3.27. The molecule has 0 spiro atoms. The number of alkyl halides is 2. The maximum atomic E-state index is 14.1. The number of aryl methyl sites for hydroxylation is 1. The van der Waals surface area contributed by atoms with Gasteiger partial charge in [-0.3, -0.25) is 14.6 Å². The average molecular weight is 602 g/mol. The number of carbonyl (C=O) groups is 2. The molecule has 2 amide bonds. The molecule has 1 fully saturated rings. The van der Waals surface area contributed by atoms with Gasteiger partial charge >= 0.3 is 0 Å². The zero-order valence-corrected chi connectivity index (χ0v) is 23.8. The number of halogens is 4. The van der Waals surface area contributed by atoms with Crippen molar-refractivity contribution in [2.45, 2.75) is 52.5 Å². The standard InChI is InChI=1S/C29H27F4N5O3S/c1-13(2)8-19-23(26(34)39)25(24(28-38-37-14(3)41-28)20(36-19)10-16-11-29(16,32)33)21-6-7-22(42-21)27(40)35-12-15-4-5-17(30)18(31)9-15/h4-7,9,13,16H,8,10-12H2,1-3H3,(H2,34,39)(H,35,40)/t16-/m1/s1. The Balaban J connectivity index is 1.61. The van der Waals surface area contributed by atoms with E-state index in [0.29, 0.717) is 22.6 Å². The maximum absolute atomic E-state index is 14.1. The van der Waals surface area contributed by atoms with Crippen molar-refractivity contribution in [2.24, 2.45) is 17.6 Å². The molecule has 13 heteroatoms. The van der Waals surface area contributed by atoms with E-state index in [1.165, 1.54) is 12.1 Å². The molecule has 0 bridgehead atoms. The van der Waals surface area contributed by atoms with Gasteiger partial charge in [0.1, 0.15) is 0 Å². The topological polar surface area (TPSA) is 124 Å². The lowest BCUT2D eigenvalue weighted by Crippen LogP contribution is -2.21. The number of amides is 2. The molecule has 0 saturated heterocycles. The van der Waals surface area contributed by atoms with Crippen LogP contribution >= 0.6 is 11.3 Å². The molecule has 1 saturated carbocycles. The molecule has 3 heterocycles. The van der Waals surface area contributed by atoms with Crippen molar-refractivity contribution in [3.63, 3.8) is 0 Å². The van der Waals surface area contributed by atoms with Crippen LogP contribution in [0.3, 0.4) is 0 Å². The number of benzene rings is 1. The highest BCUT2D eigenvalue weighted by Gasteiger charge is 2.57. The van der Waals surface area contributed by atoms with E-state index in [1.54, 1.807) is 13.0 Å². The summed E-state index contributed by atoms with van der Waals surface area (Å²) in [6, 6.07) is 6.46.